The number of aliphatic imine (C=N–C) groups is 1. The van der Waals surface area contributed by atoms with Crippen molar-refractivity contribution in [1.29, 1.82) is 0 Å². The summed E-state index contributed by atoms with van der Waals surface area (Å²) in [4.78, 5) is 29.8. The van der Waals surface area contributed by atoms with Crippen molar-refractivity contribution in [3.63, 3.8) is 0 Å². The number of ketones is 2. The van der Waals surface area contributed by atoms with Gasteiger partial charge in [-0.05, 0) is 67.8 Å². The first kappa shape index (κ1) is 22.2. The molecule has 3 fully saturated rings. The normalized spacial score (nSPS) is 46.6. The fourth-order valence-corrected chi connectivity index (χ4v) is 9.78. The van der Waals surface area contributed by atoms with Crippen molar-refractivity contribution in [2.24, 2.45) is 33.6 Å². The number of aliphatic hydroxyl groups is 2. The second-order valence-corrected chi connectivity index (χ2v) is 13.0. The smallest absolute Gasteiger partial charge is 0.175 e. The summed E-state index contributed by atoms with van der Waals surface area (Å²) in [6.45, 7) is 5.09. The number of carbonyl (C=O) groups excluding carboxylic acids is 2. The lowest BCUT2D eigenvalue weighted by Gasteiger charge is -2.60. The van der Waals surface area contributed by atoms with E-state index in [1.165, 1.54) is 17.3 Å². The monoisotopic (exact) mass is 463 g/mol. The van der Waals surface area contributed by atoms with Crippen LogP contribution in [0, 0.1) is 28.6 Å². The highest BCUT2D eigenvalue weighted by atomic mass is 32.2. The summed E-state index contributed by atoms with van der Waals surface area (Å²) < 4.78 is 0.951. The number of thioether (sulfide) groups is 2. The number of aliphatic hydroxyl groups excluding tert-OH is 1. The maximum Gasteiger partial charge on any atom is 0.175 e. The van der Waals surface area contributed by atoms with Gasteiger partial charge in [0, 0.05) is 17.6 Å². The Bertz CT molecular complexity index is 872. The van der Waals surface area contributed by atoms with E-state index in [0.29, 0.717) is 19.3 Å². The fourth-order valence-electron chi connectivity index (χ4n) is 7.80. The molecule has 2 N–H and O–H groups in total. The second-order valence-electron chi connectivity index (χ2n) is 10.7. The van der Waals surface area contributed by atoms with Crippen LogP contribution < -0.4 is 0 Å². The van der Waals surface area contributed by atoms with Crippen molar-refractivity contribution in [3.05, 3.63) is 11.6 Å². The Morgan fingerprint density at radius 1 is 1.29 bits per heavy atom. The minimum Gasteiger partial charge on any atom is -0.393 e. The van der Waals surface area contributed by atoms with Gasteiger partial charge in [0.1, 0.15) is 9.98 Å². The third-order valence-electron chi connectivity index (χ3n) is 9.39. The Balaban J connectivity index is 1.41. The molecule has 1 heterocycles. The summed E-state index contributed by atoms with van der Waals surface area (Å²) in [5.74, 6) is 1.95. The van der Waals surface area contributed by atoms with E-state index in [1.54, 1.807) is 11.8 Å². The lowest BCUT2D eigenvalue weighted by molar-refractivity contribution is -0.178. The Morgan fingerprint density at radius 3 is 2.84 bits per heavy atom. The summed E-state index contributed by atoms with van der Waals surface area (Å²) in [6.07, 6.45) is 6.24. The molecule has 0 spiro atoms. The molecule has 7 atom stereocenters. The van der Waals surface area contributed by atoms with Gasteiger partial charge in [-0.3, -0.25) is 14.6 Å². The summed E-state index contributed by atoms with van der Waals surface area (Å²) in [5, 5.41) is 23.2. The van der Waals surface area contributed by atoms with Crippen LogP contribution in [0.1, 0.15) is 58.8 Å². The number of allylic oxidation sites excluding steroid dienone is 1. The topological polar surface area (TPSA) is 87.0 Å². The van der Waals surface area contributed by atoms with Gasteiger partial charge >= 0.3 is 0 Å². The van der Waals surface area contributed by atoms with Gasteiger partial charge in [0.2, 0.25) is 0 Å². The Kier molecular flexibility index (Phi) is 5.52. The average molecular weight is 464 g/mol. The third kappa shape index (κ3) is 3.24. The van der Waals surface area contributed by atoms with Crippen molar-refractivity contribution in [3.8, 4) is 0 Å². The standard InChI is InChI=1S/C24H33NO4S2/c1-22-7-5-15(26)11-14(22)3-4-16-17-6-8-24(29,23(17,2)12-18(27)20(16)22)19(28)13-31-21-25-9-10-30-21/h11,16-18,20,27,29H,3-10,12-13H2,1-2H3/t16?,17?,18?,20?,22?,23?,24-/m0/s1. The first-order valence-electron chi connectivity index (χ1n) is 11.7. The van der Waals surface area contributed by atoms with Gasteiger partial charge in [0.25, 0.3) is 0 Å². The minimum absolute atomic E-state index is 0.103. The number of hydrogen-bond acceptors (Lipinski definition) is 7. The number of rotatable bonds is 3. The zero-order valence-electron chi connectivity index (χ0n) is 18.4. The van der Waals surface area contributed by atoms with Crippen LogP contribution in [0.15, 0.2) is 16.6 Å². The lowest BCUT2D eigenvalue weighted by Crippen LogP contribution is -2.62. The highest BCUT2D eigenvalue weighted by Crippen LogP contribution is 2.67. The van der Waals surface area contributed by atoms with E-state index in [2.05, 4.69) is 11.9 Å². The molecule has 0 aromatic carbocycles. The van der Waals surface area contributed by atoms with Crippen LogP contribution in [0.25, 0.3) is 0 Å². The Labute approximate surface area is 192 Å². The predicted molar refractivity (Wildman–Crippen MR) is 125 cm³/mol. The Morgan fingerprint density at radius 2 is 2.10 bits per heavy atom. The second kappa shape index (κ2) is 7.71. The van der Waals surface area contributed by atoms with Crippen LogP contribution in [0.5, 0.6) is 0 Å². The van der Waals surface area contributed by atoms with Gasteiger partial charge in [-0.1, -0.05) is 42.9 Å². The molecule has 1 aliphatic heterocycles. The van der Waals surface area contributed by atoms with Gasteiger partial charge in [0.15, 0.2) is 11.6 Å². The average Bonchev–Trinajstić information content (AvgIpc) is 3.33. The predicted octanol–water partition coefficient (Wildman–Crippen LogP) is 3.63. The molecule has 170 valence electrons. The molecule has 7 heteroatoms. The van der Waals surface area contributed by atoms with Crippen molar-refractivity contribution in [1.82, 2.24) is 0 Å². The summed E-state index contributed by atoms with van der Waals surface area (Å²) in [5.41, 5.74) is -0.906. The molecule has 0 aromatic heterocycles. The van der Waals surface area contributed by atoms with Crippen molar-refractivity contribution in [2.75, 3.05) is 18.1 Å². The molecule has 6 unspecified atom stereocenters. The van der Waals surface area contributed by atoms with Gasteiger partial charge in [-0.2, -0.15) is 0 Å². The number of Topliss-reactive ketones (excluding diaryl/α,β-unsaturated/α-hetero) is 1. The van der Waals surface area contributed by atoms with E-state index in [0.717, 1.165) is 42.4 Å². The molecule has 5 aliphatic rings. The zero-order valence-corrected chi connectivity index (χ0v) is 20.1. The lowest BCUT2D eigenvalue weighted by atomic mass is 9.45. The maximum atomic E-state index is 13.3. The number of hydrogen-bond donors (Lipinski definition) is 2. The molecule has 0 amide bonds. The molecule has 5 rings (SSSR count). The SMILES string of the molecule is CC12CCC(=O)C=C1CCC1C2C(O)CC2(C)C1CC[C@]2(O)C(=O)CSC1=NCCS1. The zero-order chi connectivity index (χ0) is 22.0. The van der Waals surface area contributed by atoms with E-state index in [9.17, 15) is 19.8 Å². The molecule has 4 aliphatic carbocycles. The van der Waals surface area contributed by atoms with Gasteiger partial charge in [0.05, 0.1) is 18.4 Å². The molecule has 0 bridgehead atoms. The number of nitrogens with zero attached hydrogens (tertiary/aromatic N) is 1. The molecular weight excluding hydrogens is 430 g/mol. The number of fused-ring (bicyclic) bond motifs is 5. The molecule has 0 saturated heterocycles. The van der Waals surface area contributed by atoms with Crippen LogP contribution >= 0.6 is 23.5 Å². The van der Waals surface area contributed by atoms with Gasteiger partial charge < -0.3 is 10.2 Å². The highest BCUT2D eigenvalue weighted by Gasteiger charge is 2.68. The van der Waals surface area contributed by atoms with Crippen molar-refractivity contribution < 1.29 is 19.8 Å². The van der Waals surface area contributed by atoms with Gasteiger partial charge in [-0.15, -0.1) is 0 Å². The maximum absolute atomic E-state index is 13.3. The van der Waals surface area contributed by atoms with Crippen LogP contribution in [-0.4, -0.2) is 55.9 Å². The van der Waals surface area contributed by atoms with Crippen LogP contribution in [-0.2, 0) is 9.59 Å². The highest BCUT2D eigenvalue weighted by molar-refractivity contribution is 8.39. The van der Waals surface area contributed by atoms with E-state index in [1.807, 2.05) is 13.0 Å². The van der Waals surface area contributed by atoms with Crippen LogP contribution in [0.4, 0.5) is 0 Å². The quantitative estimate of drug-likeness (QED) is 0.665. The van der Waals surface area contributed by atoms with E-state index in [4.69, 9.17) is 0 Å². The molecule has 31 heavy (non-hydrogen) atoms. The first-order chi connectivity index (χ1) is 14.7. The minimum atomic E-state index is -1.38. The van der Waals surface area contributed by atoms with Crippen LogP contribution in [0.2, 0.25) is 0 Å². The first-order valence-corrected chi connectivity index (χ1v) is 13.6. The number of carbonyl (C=O) groups is 2. The van der Waals surface area contributed by atoms with E-state index >= 15 is 0 Å². The summed E-state index contributed by atoms with van der Waals surface area (Å²) >= 11 is 3.14. The van der Waals surface area contributed by atoms with Crippen molar-refractivity contribution >= 4 is 39.5 Å². The molecule has 5 nitrogen and oxygen atoms in total. The van der Waals surface area contributed by atoms with E-state index < -0.39 is 17.1 Å². The largest absolute Gasteiger partial charge is 0.393 e. The van der Waals surface area contributed by atoms with Gasteiger partial charge in [-0.25, -0.2) is 0 Å². The third-order valence-corrected chi connectivity index (χ3v) is 11.6. The summed E-state index contributed by atoms with van der Waals surface area (Å²) in [7, 11) is 0. The summed E-state index contributed by atoms with van der Waals surface area (Å²) in [6, 6.07) is 0. The molecule has 0 radical (unpaired) electrons. The fraction of sp³-hybridized carbons (Fsp3) is 0.792. The van der Waals surface area contributed by atoms with Crippen LogP contribution in [0.3, 0.4) is 0 Å². The molecule has 3 saturated carbocycles. The van der Waals surface area contributed by atoms with E-state index in [-0.39, 0.29) is 40.5 Å². The Hall–Kier alpha value is -0.630. The van der Waals surface area contributed by atoms with Crippen molar-refractivity contribution in [2.45, 2.75) is 70.5 Å². The molecular formula is C24H33NO4S2. The molecule has 0 aromatic rings.